The van der Waals surface area contributed by atoms with Crippen molar-refractivity contribution in [1.82, 2.24) is 0 Å². The highest BCUT2D eigenvalue weighted by Crippen LogP contribution is 2.31. The molecular formula is C13H11BrO. The third-order valence-corrected chi connectivity index (χ3v) is 3.40. The summed E-state index contributed by atoms with van der Waals surface area (Å²) in [7, 11) is 0. The smallest absolute Gasteiger partial charge is 0.116 e. The van der Waals surface area contributed by atoms with Gasteiger partial charge in [0.05, 0.1) is 0 Å². The van der Waals surface area contributed by atoms with Gasteiger partial charge < -0.3 is 5.11 Å². The topological polar surface area (TPSA) is 20.2 Å². The van der Waals surface area contributed by atoms with Crippen LogP contribution in [0.25, 0.3) is 11.1 Å². The SMILES string of the molecule is Cc1cccc(-c2cccc(O)c2)c1Br. The molecule has 0 unspecified atom stereocenters. The largest absolute Gasteiger partial charge is 0.508 e. The van der Waals surface area contributed by atoms with Crippen molar-refractivity contribution in [3.05, 3.63) is 52.5 Å². The molecule has 76 valence electrons. The highest BCUT2D eigenvalue weighted by Gasteiger charge is 2.04. The summed E-state index contributed by atoms with van der Waals surface area (Å²) in [5.74, 6) is 0.293. The van der Waals surface area contributed by atoms with Crippen LogP contribution in [-0.4, -0.2) is 5.11 Å². The third kappa shape index (κ3) is 2.05. The van der Waals surface area contributed by atoms with E-state index in [9.17, 15) is 5.11 Å². The molecule has 0 heterocycles. The average Bonchev–Trinajstić information content (AvgIpc) is 2.22. The molecule has 0 bridgehead atoms. The monoisotopic (exact) mass is 262 g/mol. The van der Waals surface area contributed by atoms with Gasteiger partial charge in [0.1, 0.15) is 5.75 Å². The van der Waals surface area contributed by atoms with E-state index in [-0.39, 0.29) is 0 Å². The number of aryl methyl sites for hydroxylation is 1. The Kier molecular flexibility index (Phi) is 2.78. The molecular weight excluding hydrogens is 252 g/mol. The van der Waals surface area contributed by atoms with Crippen LogP contribution in [0.4, 0.5) is 0 Å². The minimum absolute atomic E-state index is 0.293. The summed E-state index contributed by atoms with van der Waals surface area (Å²) in [6, 6.07) is 13.4. The Bertz CT molecular complexity index is 492. The van der Waals surface area contributed by atoms with Gasteiger partial charge in [-0.2, -0.15) is 0 Å². The highest BCUT2D eigenvalue weighted by atomic mass is 79.9. The Morgan fingerprint density at radius 1 is 1.07 bits per heavy atom. The zero-order valence-corrected chi connectivity index (χ0v) is 9.95. The zero-order valence-electron chi connectivity index (χ0n) is 8.37. The number of hydrogen-bond acceptors (Lipinski definition) is 1. The molecule has 1 nitrogen and oxygen atoms in total. The Morgan fingerprint density at radius 3 is 2.53 bits per heavy atom. The Hall–Kier alpha value is -1.28. The molecule has 0 aliphatic rings. The molecule has 1 N–H and O–H groups in total. The molecule has 15 heavy (non-hydrogen) atoms. The Balaban J connectivity index is 2.59. The second-order valence-corrected chi connectivity index (χ2v) is 4.28. The molecule has 0 spiro atoms. The van der Waals surface area contributed by atoms with Crippen LogP contribution < -0.4 is 0 Å². The number of hydrogen-bond donors (Lipinski definition) is 1. The van der Waals surface area contributed by atoms with Crippen molar-refractivity contribution in [2.24, 2.45) is 0 Å². The predicted molar refractivity (Wildman–Crippen MR) is 66.0 cm³/mol. The van der Waals surface area contributed by atoms with Crippen molar-refractivity contribution in [1.29, 1.82) is 0 Å². The van der Waals surface area contributed by atoms with Crippen molar-refractivity contribution >= 4 is 15.9 Å². The molecule has 0 aliphatic heterocycles. The maximum atomic E-state index is 9.42. The summed E-state index contributed by atoms with van der Waals surface area (Å²) in [4.78, 5) is 0. The minimum Gasteiger partial charge on any atom is -0.508 e. The van der Waals surface area contributed by atoms with Crippen molar-refractivity contribution in [2.75, 3.05) is 0 Å². The molecule has 0 atom stereocenters. The van der Waals surface area contributed by atoms with E-state index in [0.29, 0.717) is 5.75 Å². The fourth-order valence-corrected chi connectivity index (χ4v) is 2.04. The van der Waals surface area contributed by atoms with Crippen LogP contribution in [-0.2, 0) is 0 Å². The lowest BCUT2D eigenvalue weighted by molar-refractivity contribution is 0.475. The van der Waals surface area contributed by atoms with Crippen LogP contribution in [0.2, 0.25) is 0 Å². The average molecular weight is 263 g/mol. The summed E-state index contributed by atoms with van der Waals surface area (Å²) in [6.07, 6.45) is 0. The highest BCUT2D eigenvalue weighted by molar-refractivity contribution is 9.10. The second kappa shape index (κ2) is 4.07. The van der Waals surface area contributed by atoms with Crippen molar-refractivity contribution in [3.63, 3.8) is 0 Å². The van der Waals surface area contributed by atoms with Gasteiger partial charge in [0.15, 0.2) is 0 Å². The van der Waals surface area contributed by atoms with Gasteiger partial charge in [-0.1, -0.05) is 30.3 Å². The molecule has 0 aliphatic carbocycles. The second-order valence-electron chi connectivity index (χ2n) is 3.49. The molecule has 2 rings (SSSR count). The first-order chi connectivity index (χ1) is 7.18. The summed E-state index contributed by atoms with van der Waals surface area (Å²) < 4.78 is 1.08. The van der Waals surface area contributed by atoms with Gasteiger partial charge in [-0.05, 0) is 51.7 Å². The summed E-state index contributed by atoms with van der Waals surface area (Å²) in [5.41, 5.74) is 3.31. The van der Waals surface area contributed by atoms with Gasteiger partial charge in [-0.25, -0.2) is 0 Å². The molecule has 0 amide bonds. The lowest BCUT2D eigenvalue weighted by atomic mass is 10.0. The summed E-state index contributed by atoms with van der Waals surface area (Å²) in [6.45, 7) is 2.05. The minimum atomic E-state index is 0.293. The molecule has 0 radical (unpaired) electrons. The molecule has 0 aromatic heterocycles. The van der Waals surface area contributed by atoms with E-state index in [1.165, 1.54) is 5.56 Å². The van der Waals surface area contributed by atoms with Crippen molar-refractivity contribution in [3.8, 4) is 16.9 Å². The molecule has 0 saturated carbocycles. The van der Waals surface area contributed by atoms with Crippen LogP contribution in [0.15, 0.2) is 46.9 Å². The number of rotatable bonds is 1. The van der Waals surface area contributed by atoms with E-state index in [2.05, 4.69) is 28.9 Å². The molecule has 2 aromatic carbocycles. The molecule has 0 fully saturated rings. The van der Waals surface area contributed by atoms with Crippen LogP contribution in [0.1, 0.15) is 5.56 Å². The quantitative estimate of drug-likeness (QED) is 0.820. The van der Waals surface area contributed by atoms with Crippen LogP contribution in [0.3, 0.4) is 0 Å². The zero-order chi connectivity index (χ0) is 10.8. The number of phenolic OH excluding ortho intramolecular Hbond substituents is 1. The van der Waals surface area contributed by atoms with E-state index in [4.69, 9.17) is 0 Å². The normalized spacial score (nSPS) is 10.3. The standard InChI is InChI=1S/C13H11BrO/c1-9-4-2-7-12(13(9)14)10-5-3-6-11(15)8-10/h2-8,15H,1H3. The van der Waals surface area contributed by atoms with E-state index in [1.807, 2.05) is 24.3 Å². The van der Waals surface area contributed by atoms with E-state index >= 15 is 0 Å². The lowest BCUT2D eigenvalue weighted by Gasteiger charge is -2.07. The summed E-state index contributed by atoms with van der Waals surface area (Å²) >= 11 is 3.56. The van der Waals surface area contributed by atoms with Crippen molar-refractivity contribution in [2.45, 2.75) is 6.92 Å². The molecule has 2 aromatic rings. The fraction of sp³-hybridized carbons (Fsp3) is 0.0769. The van der Waals surface area contributed by atoms with Gasteiger partial charge in [0.25, 0.3) is 0 Å². The van der Waals surface area contributed by atoms with Crippen molar-refractivity contribution < 1.29 is 5.11 Å². The van der Waals surface area contributed by atoms with Gasteiger partial charge in [0, 0.05) is 4.47 Å². The Morgan fingerprint density at radius 2 is 1.80 bits per heavy atom. The predicted octanol–water partition coefficient (Wildman–Crippen LogP) is 4.13. The fourth-order valence-electron chi connectivity index (χ4n) is 1.54. The van der Waals surface area contributed by atoms with E-state index in [1.54, 1.807) is 12.1 Å². The third-order valence-electron chi connectivity index (χ3n) is 2.35. The van der Waals surface area contributed by atoms with Gasteiger partial charge in [-0.15, -0.1) is 0 Å². The summed E-state index contributed by atoms with van der Waals surface area (Å²) in [5, 5.41) is 9.42. The maximum Gasteiger partial charge on any atom is 0.116 e. The van der Waals surface area contributed by atoms with Gasteiger partial charge in [0.2, 0.25) is 0 Å². The number of aromatic hydroxyl groups is 1. The number of phenols is 1. The Labute approximate surface area is 97.5 Å². The first kappa shape index (κ1) is 10.2. The van der Waals surface area contributed by atoms with Gasteiger partial charge in [-0.3, -0.25) is 0 Å². The van der Waals surface area contributed by atoms with Gasteiger partial charge >= 0.3 is 0 Å². The molecule has 2 heteroatoms. The lowest BCUT2D eigenvalue weighted by Crippen LogP contribution is -1.82. The first-order valence-electron chi connectivity index (χ1n) is 4.73. The van der Waals surface area contributed by atoms with Crippen LogP contribution in [0.5, 0.6) is 5.75 Å². The number of benzene rings is 2. The first-order valence-corrected chi connectivity index (χ1v) is 5.52. The maximum absolute atomic E-state index is 9.42. The van der Waals surface area contributed by atoms with Crippen LogP contribution in [0, 0.1) is 6.92 Å². The van der Waals surface area contributed by atoms with E-state index < -0.39 is 0 Å². The molecule has 0 saturated heterocycles. The number of halogens is 1. The van der Waals surface area contributed by atoms with Crippen LogP contribution >= 0.6 is 15.9 Å². The van der Waals surface area contributed by atoms with E-state index in [0.717, 1.165) is 15.6 Å².